The molecule has 0 unspecified atom stereocenters. The third-order valence-electron chi connectivity index (χ3n) is 5.77. The van der Waals surface area contributed by atoms with E-state index in [1.807, 2.05) is 80.6 Å². The fourth-order valence-corrected chi connectivity index (χ4v) is 3.82. The van der Waals surface area contributed by atoms with Crippen LogP contribution in [0.3, 0.4) is 0 Å². The summed E-state index contributed by atoms with van der Waals surface area (Å²) in [7, 11) is 0. The van der Waals surface area contributed by atoms with Crippen LogP contribution in [0.4, 0.5) is 0 Å². The molecule has 35 heavy (non-hydrogen) atoms. The van der Waals surface area contributed by atoms with Crippen molar-refractivity contribution >= 4 is 27.7 Å². The third kappa shape index (κ3) is 6.25. The molecular formula is C30H25BrO4. The van der Waals surface area contributed by atoms with Gasteiger partial charge in [-0.25, -0.2) is 4.79 Å². The lowest BCUT2D eigenvalue weighted by Crippen LogP contribution is -2.20. The molecule has 4 nitrogen and oxygen atoms in total. The van der Waals surface area contributed by atoms with Gasteiger partial charge < -0.3 is 9.47 Å². The highest BCUT2D eigenvalue weighted by molar-refractivity contribution is 9.10. The van der Waals surface area contributed by atoms with Gasteiger partial charge in [-0.2, -0.15) is 0 Å². The normalized spacial score (nSPS) is 11.5. The smallest absolute Gasteiger partial charge is 0.339 e. The van der Waals surface area contributed by atoms with Crippen molar-refractivity contribution in [3.8, 4) is 5.75 Å². The number of rotatable bonds is 8. The lowest BCUT2D eigenvalue weighted by atomic mass is 9.97. The molecule has 0 saturated heterocycles. The van der Waals surface area contributed by atoms with Gasteiger partial charge in [0.1, 0.15) is 12.4 Å². The van der Waals surface area contributed by atoms with Gasteiger partial charge in [-0.3, -0.25) is 4.79 Å². The number of ether oxygens (including phenoxy) is 2. The Labute approximate surface area is 213 Å². The van der Waals surface area contributed by atoms with E-state index in [1.54, 1.807) is 30.3 Å². The molecule has 5 heteroatoms. The molecule has 4 rings (SSSR count). The molecule has 176 valence electrons. The van der Waals surface area contributed by atoms with E-state index in [-0.39, 0.29) is 5.78 Å². The molecule has 0 aliphatic heterocycles. The lowest BCUT2D eigenvalue weighted by Gasteiger charge is -2.18. The molecular weight excluding hydrogens is 504 g/mol. The molecule has 0 bridgehead atoms. The molecule has 0 N–H and O–H groups in total. The molecule has 4 aromatic carbocycles. The molecule has 0 heterocycles. The Balaban J connectivity index is 1.48. The number of carbonyl (C=O) groups is 2. The number of aryl methyl sites for hydroxylation is 2. The van der Waals surface area contributed by atoms with Crippen LogP contribution in [0.25, 0.3) is 0 Å². The van der Waals surface area contributed by atoms with Crippen LogP contribution < -0.4 is 4.74 Å². The molecule has 0 aromatic heterocycles. The molecule has 0 aliphatic carbocycles. The zero-order valence-electron chi connectivity index (χ0n) is 19.5. The Hall–Kier alpha value is -3.70. The lowest BCUT2D eigenvalue weighted by molar-refractivity contribution is 0.0280. The van der Waals surface area contributed by atoms with Crippen LogP contribution in [0.1, 0.15) is 49.1 Å². The van der Waals surface area contributed by atoms with E-state index < -0.39 is 12.1 Å². The summed E-state index contributed by atoms with van der Waals surface area (Å²) in [4.78, 5) is 26.4. The van der Waals surface area contributed by atoms with Gasteiger partial charge in [-0.15, -0.1) is 0 Å². The molecule has 1 atom stereocenters. The number of hydrogen-bond donors (Lipinski definition) is 0. The summed E-state index contributed by atoms with van der Waals surface area (Å²) >= 11 is 3.40. The van der Waals surface area contributed by atoms with Gasteiger partial charge >= 0.3 is 5.97 Å². The third-order valence-corrected chi connectivity index (χ3v) is 6.29. The number of esters is 1. The van der Waals surface area contributed by atoms with E-state index in [1.165, 1.54) is 0 Å². The van der Waals surface area contributed by atoms with Gasteiger partial charge in [0.15, 0.2) is 6.10 Å². The fraction of sp³-hybridized carbons (Fsp3) is 0.133. The summed E-state index contributed by atoms with van der Waals surface area (Å²) in [6, 6.07) is 29.2. The summed E-state index contributed by atoms with van der Waals surface area (Å²) in [5.74, 6) is -0.0594. The molecule has 0 saturated carbocycles. The average molecular weight is 529 g/mol. The maximum absolute atomic E-state index is 13.4. The largest absolute Gasteiger partial charge is 0.489 e. The first-order valence-electron chi connectivity index (χ1n) is 11.3. The first-order chi connectivity index (χ1) is 16.9. The van der Waals surface area contributed by atoms with E-state index in [4.69, 9.17) is 9.47 Å². The number of carbonyl (C=O) groups excluding carboxylic acids is 2. The van der Waals surface area contributed by atoms with Crippen LogP contribution in [-0.2, 0) is 11.3 Å². The Morgan fingerprint density at radius 3 is 2.09 bits per heavy atom. The second-order valence-electron chi connectivity index (χ2n) is 8.30. The van der Waals surface area contributed by atoms with E-state index in [0.29, 0.717) is 23.3 Å². The van der Waals surface area contributed by atoms with Crippen molar-refractivity contribution < 1.29 is 19.1 Å². The average Bonchev–Trinajstić information content (AvgIpc) is 2.89. The molecule has 0 fully saturated rings. The first kappa shape index (κ1) is 24.4. The Kier molecular flexibility index (Phi) is 7.78. The van der Waals surface area contributed by atoms with Gasteiger partial charge in [0.25, 0.3) is 0 Å². The Morgan fingerprint density at radius 1 is 0.771 bits per heavy atom. The predicted molar refractivity (Wildman–Crippen MR) is 140 cm³/mol. The summed E-state index contributed by atoms with van der Waals surface area (Å²) in [6.45, 7) is 4.32. The summed E-state index contributed by atoms with van der Waals surface area (Å²) in [6.07, 6.45) is -1.04. The second kappa shape index (κ2) is 11.2. The number of Topliss-reactive ketones (excluding diaryl/α,β-unsaturated/α-hetero) is 1. The van der Waals surface area contributed by atoms with Crippen LogP contribution in [0.15, 0.2) is 102 Å². The fourth-order valence-electron chi connectivity index (χ4n) is 3.56. The van der Waals surface area contributed by atoms with Crippen molar-refractivity contribution in [2.75, 3.05) is 0 Å². The highest BCUT2D eigenvalue weighted by atomic mass is 79.9. The SMILES string of the molecule is Cc1ccc(C(=O)[C@@H](OC(=O)c2ccc(COc3ccc(Br)cc3)cc2)c2ccccc2)cc1C. The van der Waals surface area contributed by atoms with Gasteiger partial charge in [-0.1, -0.05) is 70.5 Å². The second-order valence-corrected chi connectivity index (χ2v) is 9.21. The maximum atomic E-state index is 13.4. The van der Waals surface area contributed by atoms with Crippen molar-refractivity contribution in [3.05, 3.63) is 135 Å². The van der Waals surface area contributed by atoms with Crippen molar-refractivity contribution in [2.45, 2.75) is 26.6 Å². The van der Waals surface area contributed by atoms with Crippen LogP contribution in [-0.4, -0.2) is 11.8 Å². The zero-order valence-corrected chi connectivity index (χ0v) is 21.1. The number of benzene rings is 4. The Morgan fingerprint density at radius 2 is 1.43 bits per heavy atom. The van der Waals surface area contributed by atoms with Crippen molar-refractivity contribution in [1.82, 2.24) is 0 Å². The topological polar surface area (TPSA) is 52.6 Å². The zero-order chi connectivity index (χ0) is 24.8. The molecule has 0 amide bonds. The van der Waals surface area contributed by atoms with Crippen LogP contribution in [0.2, 0.25) is 0 Å². The molecule has 0 spiro atoms. The molecule has 0 radical (unpaired) electrons. The van der Waals surface area contributed by atoms with E-state index in [9.17, 15) is 9.59 Å². The van der Waals surface area contributed by atoms with E-state index >= 15 is 0 Å². The molecule has 0 aliphatic rings. The summed E-state index contributed by atoms with van der Waals surface area (Å²) in [5, 5.41) is 0. The van der Waals surface area contributed by atoms with Crippen LogP contribution in [0, 0.1) is 13.8 Å². The van der Waals surface area contributed by atoms with Gasteiger partial charge in [0, 0.05) is 15.6 Å². The minimum Gasteiger partial charge on any atom is -0.489 e. The van der Waals surface area contributed by atoms with Crippen molar-refractivity contribution in [1.29, 1.82) is 0 Å². The standard InChI is InChI=1S/C30H25BrO4/c1-20-8-11-25(18-21(20)2)28(32)29(23-6-4-3-5-7-23)35-30(33)24-12-9-22(10-13-24)19-34-27-16-14-26(31)15-17-27/h3-18,29H,19H2,1-2H3/t29-/m0/s1. The predicted octanol–water partition coefficient (Wildman–Crippen LogP) is 7.43. The van der Waals surface area contributed by atoms with Crippen molar-refractivity contribution in [2.24, 2.45) is 0 Å². The maximum Gasteiger partial charge on any atom is 0.339 e. The molecule has 4 aromatic rings. The van der Waals surface area contributed by atoms with Gasteiger partial charge in [0.05, 0.1) is 5.56 Å². The number of hydrogen-bond acceptors (Lipinski definition) is 4. The quantitative estimate of drug-likeness (QED) is 0.176. The van der Waals surface area contributed by atoms with E-state index in [2.05, 4.69) is 15.9 Å². The Bertz CT molecular complexity index is 1310. The van der Waals surface area contributed by atoms with E-state index in [0.717, 1.165) is 26.9 Å². The summed E-state index contributed by atoms with van der Waals surface area (Å²) < 4.78 is 12.5. The van der Waals surface area contributed by atoms with Crippen molar-refractivity contribution in [3.63, 3.8) is 0 Å². The summed E-state index contributed by atoms with van der Waals surface area (Å²) in [5.41, 5.74) is 4.52. The van der Waals surface area contributed by atoms with Gasteiger partial charge in [-0.05, 0) is 73.0 Å². The van der Waals surface area contributed by atoms with Crippen LogP contribution in [0.5, 0.6) is 5.75 Å². The highest BCUT2D eigenvalue weighted by Gasteiger charge is 2.27. The van der Waals surface area contributed by atoms with Gasteiger partial charge in [0.2, 0.25) is 5.78 Å². The highest BCUT2D eigenvalue weighted by Crippen LogP contribution is 2.25. The number of ketones is 1. The first-order valence-corrected chi connectivity index (χ1v) is 12.0. The minimum atomic E-state index is -1.04. The minimum absolute atomic E-state index is 0.257. The van der Waals surface area contributed by atoms with Crippen LogP contribution >= 0.6 is 15.9 Å². The monoisotopic (exact) mass is 528 g/mol. The number of halogens is 1.